The number of fused-ring (bicyclic) bond motifs is 1. The van der Waals surface area contributed by atoms with Gasteiger partial charge in [-0.05, 0) is 48.2 Å². The maximum Gasteiger partial charge on any atom is 0.187 e. The lowest BCUT2D eigenvalue weighted by atomic mass is 10.0. The van der Waals surface area contributed by atoms with Crippen LogP contribution in [0.15, 0.2) is 36.4 Å². The van der Waals surface area contributed by atoms with Gasteiger partial charge in [-0.1, -0.05) is 24.3 Å². The van der Waals surface area contributed by atoms with Crippen LogP contribution in [0.4, 0.5) is 8.78 Å². The molecule has 0 aliphatic carbocycles. The number of aromatic hydroxyl groups is 1. The number of aryl methyl sites for hydroxylation is 1. The van der Waals surface area contributed by atoms with Crippen LogP contribution >= 0.6 is 0 Å². The van der Waals surface area contributed by atoms with Crippen molar-refractivity contribution in [1.82, 2.24) is 4.90 Å². The Hall–Kier alpha value is -1.94. The van der Waals surface area contributed by atoms with Gasteiger partial charge in [0, 0.05) is 13.1 Å². The van der Waals surface area contributed by atoms with Crippen LogP contribution in [-0.4, -0.2) is 16.6 Å². The summed E-state index contributed by atoms with van der Waals surface area (Å²) in [4.78, 5) is 2.18. The number of hydrogen-bond acceptors (Lipinski definition) is 2. The zero-order valence-corrected chi connectivity index (χ0v) is 11.6. The molecule has 2 aromatic carbocycles. The first-order valence-electron chi connectivity index (χ1n) is 7.09. The van der Waals surface area contributed by atoms with Gasteiger partial charge in [0.1, 0.15) is 0 Å². The summed E-state index contributed by atoms with van der Waals surface area (Å²) < 4.78 is 26.8. The first-order valence-corrected chi connectivity index (χ1v) is 7.09. The van der Waals surface area contributed by atoms with Crippen LogP contribution in [0.5, 0.6) is 5.75 Å². The third-order valence-corrected chi connectivity index (χ3v) is 3.92. The molecule has 0 radical (unpaired) electrons. The van der Waals surface area contributed by atoms with E-state index in [1.165, 1.54) is 23.3 Å². The number of halogens is 2. The van der Waals surface area contributed by atoms with Crippen LogP contribution < -0.4 is 0 Å². The topological polar surface area (TPSA) is 23.5 Å². The molecule has 0 saturated heterocycles. The SMILES string of the molecule is Oc1c(F)cc(CN2CCCc3ccccc3C2)cc1F. The molecule has 0 fully saturated rings. The lowest BCUT2D eigenvalue weighted by Gasteiger charge is -2.20. The first kappa shape index (κ1) is 14.0. The third kappa shape index (κ3) is 3.05. The Kier molecular flexibility index (Phi) is 3.88. The smallest absolute Gasteiger partial charge is 0.187 e. The second-order valence-electron chi connectivity index (χ2n) is 5.49. The number of benzene rings is 2. The van der Waals surface area contributed by atoms with Gasteiger partial charge < -0.3 is 5.11 Å². The molecule has 0 atom stereocenters. The Morgan fingerprint density at radius 2 is 1.71 bits per heavy atom. The molecule has 0 spiro atoms. The van der Waals surface area contributed by atoms with E-state index < -0.39 is 17.4 Å². The lowest BCUT2D eigenvalue weighted by molar-refractivity contribution is 0.260. The number of rotatable bonds is 2. The molecule has 4 heteroatoms. The van der Waals surface area contributed by atoms with E-state index in [9.17, 15) is 8.78 Å². The molecule has 0 bridgehead atoms. The highest BCUT2D eigenvalue weighted by atomic mass is 19.1. The molecule has 2 aromatic rings. The van der Waals surface area contributed by atoms with Gasteiger partial charge in [-0.2, -0.15) is 0 Å². The molecule has 0 unspecified atom stereocenters. The van der Waals surface area contributed by atoms with Crippen molar-refractivity contribution in [2.75, 3.05) is 6.54 Å². The minimum Gasteiger partial charge on any atom is -0.503 e. The summed E-state index contributed by atoms with van der Waals surface area (Å²) >= 11 is 0. The molecule has 3 rings (SSSR count). The largest absolute Gasteiger partial charge is 0.503 e. The van der Waals surface area contributed by atoms with Crippen molar-refractivity contribution in [3.05, 3.63) is 64.7 Å². The standard InChI is InChI=1S/C17H17F2NO/c18-15-8-12(9-16(19)17(15)21)10-20-7-3-6-13-4-1-2-5-14(13)11-20/h1-2,4-5,8-9,21H,3,6-7,10-11H2. The van der Waals surface area contributed by atoms with Gasteiger partial charge >= 0.3 is 0 Å². The van der Waals surface area contributed by atoms with Crippen LogP contribution in [0.2, 0.25) is 0 Å². The van der Waals surface area contributed by atoms with Gasteiger partial charge in [0.15, 0.2) is 17.4 Å². The predicted molar refractivity (Wildman–Crippen MR) is 76.9 cm³/mol. The Morgan fingerprint density at radius 3 is 2.43 bits per heavy atom. The summed E-state index contributed by atoms with van der Waals surface area (Å²) in [6.07, 6.45) is 2.06. The summed E-state index contributed by atoms with van der Waals surface area (Å²) in [6, 6.07) is 10.7. The van der Waals surface area contributed by atoms with E-state index in [1.54, 1.807) is 0 Å². The van der Waals surface area contributed by atoms with Crippen molar-refractivity contribution >= 4 is 0 Å². The summed E-state index contributed by atoms with van der Waals surface area (Å²) in [7, 11) is 0. The fraction of sp³-hybridized carbons (Fsp3) is 0.294. The Bertz CT molecular complexity index is 634. The first-order chi connectivity index (χ1) is 10.1. The summed E-state index contributed by atoms with van der Waals surface area (Å²) in [5, 5.41) is 9.15. The molecular formula is C17H17F2NO. The average molecular weight is 289 g/mol. The van der Waals surface area contributed by atoms with Crippen molar-refractivity contribution in [2.24, 2.45) is 0 Å². The second kappa shape index (κ2) is 5.82. The van der Waals surface area contributed by atoms with Crippen LogP contribution in [0, 0.1) is 11.6 Å². The molecule has 0 saturated carbocycles. The zero-order valence-electron chi connectivity index (χ0n) is 11.6. The van der Waals surface area contributed by atoms with Crippen molar-refractivity contribution in [1.29, 1.82) is 0 Å². The van der Waals surface area contributed by atoms with Gasteiger partial charge in [-0.15, -0.1) is 0 Å². The molecule has 2 nitrogen and oxygen atoms in total. The Balaban J connectivity index is 1.79. The fourth-order valence-electron chi connectivity index (χ4n) is 2.87. The predicted octanol–water partition coefficient (Wildman–Crippen LogP) is 3.62. The fourth-order valence-corrected chi connectivity index (χ4v) is 2.87. The number of phenols is 1. The van der Waals surface area contributed by atoms with E-state index >= 15 is 0 Å². The maximum absolute atomic E-state index is 13.4. The van der Waals surface area contributed by atoms with Crippen molar-refractivity contribution < 1.29 is 13.9 Å². The van der Waals surface area contributed by atoms with Crippen LogP contribution in [0.1, 0.15) is 23.1 Å². The van der Waals surface area contributed by atoms with E-state index in [0.717, 1.165) is 25.9 Å². The second-order valence-corrected chi connectivity index (χ2v) is 5.49. The molecule has 0 amide bonds. The molecule has 1 aliphatic rings. The van der Waals surface area contributed by atoms with Gasteiger partial charge in [0.05, 0.1) is 0 Å². The van der Waals surface area contributed by atoms with Crippen LogP contribution in [0.3, 0.4) is 0 Å². The van der Waals surface area contributed by atoms with Gasteiger partial charge in [-0.25, -0.2) is 8.78 Å². The Morgan fingerprint density at radius 1 is 1.05 bits per heavy atom. The highest BCUT2D eigenvalue weighted by Crippen LogP contribution is 2.24. The third-order valence-electron chi connectivity index (χ3n) is 3.92. The molecule has 0 aromatic heterocycles. The molecule has 1 N–H and O–H groups in total. The van der Waals surface area contributed by atoms with Crippen molar-refractivity contribution in [3.8, 4) is 5.75 Å². The quantitative estimate of drug-likeness (QED) is 0.912. The molecule has 110 valence electrons. The summed E-state index contributed by atoms with van der Waals surface area (Å²) in [5.74, 6) is -2.71. The maximum atomic E-state index is 13.4. The summed E-state index contributed by atoms with van der Waals surface area (Å²) in [6.45, 7) is 2.14. The van der Waals surface area contributed by atoms with Crippen LogP contribution in [-0.2, 0) is 19.5 Å². The minimum absolute atomic E-state index is 0.475. The highest BCUT2D eigenvalue weighted by molar-refractivity contribution is 5.31. The van der Waals surface area contributed by atoms with Gasteiger partial charge in [-0.3, -0.25) is 4.90 Å². The van der Waals surface area contributed by atoms with E-state index in [-0.39, 0.29) is 0 Å². The average Bonchev–Trinajstić information content (AvgIpc) is 2.66. The number of nitrogens with zero attached hydrogens (tertiary/aromatic N) is 1. The van der Waals surface area contributed by atoms with Gasteiger partial charge in [0.25, 0.3) is 0 Å². The van der Waals surface area contributed by atoms with Crippen molar-refractivity contribution in [2.45, 2.75) is 25.9 Å². The Labute approximate surface area is 122 Å². The van der Waals surface area contributed by atoms with E-state index in [1.807, 2.05) is 12.1 Å². The normalized spacial score (nSPS) is 15.5. The van der Waals surface area contributed by atoms with E-state index in [4.69, 9.17) is 5.11 Å². The van der Waals surface area contributed by atoms with Gasteiger partial charge in [0.2, 0.25) is 0 Å². The van der Waals surface area contributed by atoms with Crippen molar-refractivity contribution in [3.63, 3.8) is 0 Å². The molecule has 1 aliphatic heterocycles. The van der Waals surface area contributed by atoms with E-state index in [0.29, 0.717) is 12.1 Å². The molecule has 21 heavy (non-hydrogen) atoms. The number of phenolic OH excluding ortho intramolecular Hbond substituents is 1. The molecule has 1 heterocycles. The minimum atomic E-state index is -0.903. The van der Waals surface area contributed by atoms with E-state index in [2.05, 4.69) is 17.0 Å². The zero-order chi connectivity index (χ0) is 14.8. The summed E-state index contributed by atoms with van der Waals surface area (Å²) in [5.41, 5.74) is 3.17. The number of hydrogen-bond donors (Lipinski definition) is 1. The lowest BCUT2D eigenvalue weighted by Crippen LogP contribution is -2.22. The molecular weight excluding hydrogens is 272 g/mol. The highest BCUT2D eigenvalue weighted by Gasteiger charge is 2.16. The van der Waals surface area contributed by atoms with Crippen LogP contribution in [0.25, 0.3) is 0 Å². The monoisotopic (exact) mass is 289 g/mol.